The summed E-state index contributed by atoms with van der Waals surface area (Å²) in [5.74, 6) is 0. The molecule has 0 saturated heterocycles. The van der Waals surface area contributed by atoms with Gasteiger partial charge in [0.15, 0.2) is 0 Å². The quantitative estimate of drug-likeness (QED) is 0.316. The molecule has 0 amide bonds. The van der Waals surface area contributed by atoms with Gasteiger partial charge in [-0.1, -0.05) is 0 Å². The molecule has 0 heterocycles. The Hall–Kier alpha value is 1.38. The molecule has 3 heteroatoms. The van der Waals surface area contributed by atoms with E-state index in [0.717, 1.165) is 0 Å². The van der Waals surface area contributed by atoms with E-state index in [1.54, 1.807) is 0 Å². The van der Waals surface area contributed by atoms with Gasteiger partial charge in [0, 0.05) is 0 Å². The number of hydrogen-bond donors (Lipinski definition) is 0. The summed E-state index contributed by atoms with van der Waals surface area (Å²) in [4.78, 5) is 0. The van der Waals surface area contributed by atoms with E-state index in [1.165, 1.54) is 0 Å². The maximum absolute atomic E-state index is 5.10. The van der Waals surface area contributed by atoms with Gasteiger partial charge < -0.3 is 0 Å². The van der Waals surface area contributed by atoms with Gasteiger partial charge in [0.1, 0.15) is 0 Å². The summed E-state index contributed by atoms with van der Waals surface area (Å²) in [5.41, 5.74) is 0. The van der Waals surface area contributed by atoms with Gasteiger partial charge in [0.05, 0.1) is 0 Å². The second-order valence-electron chi connectivity index (χ2n) is 0.863. The molecule has 0 bridgehead atoms. The molecule has 0 spiro atoms. The zero-order valence-corrected chi connectivity index (χ0v) is 10.6. The van der Waals surface area contributed by atoms with Crippen LogP contribution in [0.5, 0.6) is 0 Å². The summed E-state index contributed by atoms with van der Waals surface area (Å²) >= 11 is 4.46. The molecule has 0 N–H and O–H groups in total. The van der Waals surface area contributed by atoms with Gasteiger partial charge in [-0.15, -0.1) is 0 Å². The van der Waals surface area contributed by atoms with Crippen LogP contribution in [0.2, 0.25) is 0 Å². The van der Waals surface area contributed by atoms with Crippen LogP contribution in [0.25, 0.3) is 0 Å². The van der Waals surface area contributed by atoms with E-state index in [2.05, 4.69) is 45.1 Å². The summed E-state index contributed by atoms with van der Waals surface area (Å²) in [7, 11) is -2.29. The minimum absolute atomic E-state index is 2.23. The Morgan fingerprint density at radius 3 is 1.43 bits per heavy atom. The fourth-order valence-corrected chi connectivity index (χ4v) is 0.280. The van der Waals surface area contributed by atoms with Crippen molar-refractivity contribution in [2.75, 3.05) is 0 Å². The van der Waals surface area contributed by atoms with Crippen LogP contribution < -0.4 is 0 Å². The van der Waals surface area contributed by atoms with Gasteiger partial charge in [-0.3, -0.25) is 0 Å². The third kappa shape index (κ3) is 3.92. The summed E-state index contributed by atoms with van der Waals surface area (Å²) in [6.45, 7) is 0. The van der Waals surface area contributed by atoms with Crippen LogP contribution in [0.4, 0.5) is 0 Å². The molecular formula is C4H2I2Sn. The molecule has 0 aliphatic rings. The summed E-state index contributed by atoms with van der Waals surface area (Å²) in [6, 6.07) is 0. The third-order valence-corrected chi connectivity index (χ3v) is 10.8. The van der Waals surface area contributed by atoms with Gasteiger partial charge in [0.25, 0.3) is 0 Å². The molecule has 0 nitrogen and oxygen atoms in total. The van der Waals surface area contributed by atoms with E-state index < -0.39 is 10.4 Å². The van der Waals surface area contributed by atoms with E-state index in [4.69, 9.17) is 12.8 Å². The fraction of sp³-hybridized carbons (Fsp3) is 0. The number of terminal acetylenes is 2. The standard InChI is InChI=1S/2C2H.2HI.Sn/c2*1-2;;;/h2*1H;2*1H;/q;;;;+2/p-2. The van der Waals surface area contributed by atoms with Crippen molar-refractivity contribution in [3.63, 3.8) is 0 Å². The Bertz CT molecular complexity index is 121. The van der Waals surface area contributed by atoms with Crippen molar-refractivity contribution >= 4 is 47.7 Å². The van der Waals surface area contributed by atoms with Crippen LogP contribution in [-0.2, 0) is 0 Å². The van der Waals surface area contributed by atoms with Crippen LogP contribution >= 0.6 is 37.3 Å². The molecule has 0 aromatic carbocycles. The molecule has 0 atom stereocenters. The molecule has 0 saturated carbocycles. The Kier molecular flexibility index (Phi) is 4.09. The monoisotopic (exact) mass is 424 g/mol. The average molecular weight is 423 g/mol. The molecule has 0 aromatic heterocycles. The molecule has 0 unspecified atom stereocenters. The normalized spacial score (nSPS) is 9.14. The first-order chi connectivity index (χ1) is 3.12. The van der Waals surface area contributed by atoms with E-state index in [9.17, 15) is 0 Å². The van der Waals surface area contributed by atoms with Crippen molar-refractivity contribution in [1.82, 2.24) is 0 Å². The Morgan fingerprint density at radius 2 is 1.43 bits per heavy atom. The van der Waals surface area contributed by atoms with Gasteiger partial charge in [-0.2, -0.15) is 0 Å². The second-order valence-corrected chi connectivity index (χ2v) is 41.3. The van der Waals surface area contributed by atoms with Crippen molar-refractivity contribution in [1.29, 1.82) is 0 Å². The molecule has 0 radical (unpaired) electrons. The SMILES string of the molecule is C#[C][Sn]([I])([I])[C]#C. The number of halogens is 2. The van der Waals surface area contributed by atoms with Gasteiger partial charge in [0.2, 0.25) is 0 Å². The van der Waals surface area contributed by atoms with E-state index in [0.29, 0.717) is 0 Å². The molecule has 0 aromatic rings. The first kappa shape index (κ1) is 8.38. The molecule has 0 aliphatic carbocycles. The van der Waals surface area contributed by atoms with Crippen molar-refractivity contribution in [2.45, 2.75) is 0 Å². The van der Waals surface area contributed by atoms with Crippen molar-refractivity contribution in [3.8, 4) is 20.7 Å². The molecule has 7 heavy (non-hydrogen) atoms. The number of hydrogen-bond acceptors (Lipinski definition) is 0. The van der Waals surface area contributed by atoms with Crippen LogP contribution in [0, 0.1) is 20.7 Å². The topological polar surface area (TPSA) is 0 Å². The first-order valence-corrected chi connectivity index (χ1v) is 20.9. The maximum atomic E-state index is 5.10. The predicted molar refractivity (Wildman–Crippen MR) is 51.5 cm³/mol. The van der Waals surface area contributed by atoms with Crippen LogP contribution in [0.15, 0.2) is 0 Å². The van der Waals surface area contributed by atoms with Crippen molar-refractivity contribution < 1.29 is 0 Å². The fourth-order valence-electron chi connectivity index (χ4n) is 0.0417. The van der Waals surface area contributed by atoms with Gasteiger partial charge >= 0.3 is 68.4 Å². The summed E-state index contributed by atoms with van der Waals surface area (Å²) in [6.07, 6.45) is 10.2. The van der Waals surface area contributed by atoms with Gasteiger partial charge in [-0.25, -0.2) is 0 Å². The molecule has 36 valence electrons. The van der Waals surface area contributed by atoms with E-state index in [1.807, 2.05) is 0 Å². The summed E-state index contributed by atoms with van der Waals surface area (Å²) < 4.78 is 5.28. The predicted octanol–water partition coefficient (Wildman–Crippen LogP) is 1.64. The molecular weight excluding hydrogens is 421 g/mol. The molecule has 0 fully saturated rings. The van der Waals surface area contributed by atoms with Crippen LogP contribution in [-0.4, -0.2) is 10.4 Å². The van der Waals surface area contributed by atoms with Crippen molar-refractivity contribution in [2.24, 2.45) is 0 Å². The Balaban J connectivity index is 4.00. The Labute approximate surface area is 67.1 Å². The van der Waals surface area contributed by atoms with Crippen LogP contribution in [0.3, 0.4) is 0 Å². The zero-order valence-electron chi connectivity index (χ0n) is 3.41. The minimum atomic E-state index is -2.29. The zero-order chi connectivity index (χ0) is 5.91. The molecule has 0 aliphatic heterocycles. The van der Waals surface area contributed by atoms with E-state index >= 15 is 0 Å². The summed E-state index contributed by atoms with van der Waals surface area (Å²) in [5, 5.41) is 0. The average Bonchev–Trinajstić information content (AvgIpc) is 1.68. The third-order valence-electron chi connectivity index (χ3n) is 0.363. The second kappa shape index (κ2) is 3.41. The first-order valence-electron chi connectivity index (χ1n) is 1.46. The van der Waals surface area contributed by atoms with Crippen LogP contribution in [0.1, 0.15) is 0 Å². The van der Waals surface area contributed by atoms with Crippen molar-refractivity contribution in [3.05, 3.63) is 0 Å². The Morgan fingerprint density at radius 1 is 1.14 bits per heavy atom. The molecule has 0 rings (SSSR count). The number of rotatable bonds is 0. The van der Waals surface area contributed by atoms with Gasteiger partial charge in [-0.05, 0) is 0 Å². The van der Waals surface area contributed by atoms with E-state index in [-0.39, 0.29) is 0 Å².